The Balaban J connectivity index is 1.73. The standard InChI is InChI=1S/C27H25ClN2O4/c1-3-9-20(19-15-14-18(33-2)16-23(19)31)25(32)30-27-24(21-12-7-8-13-22(21)28)29-26(34-27)17-10-5-4-6-11-17/h4-8,10-16,20,31H,3,9H2,1-2H3,(H,30,32). The first-order chi connectivity index (χ1) is 16.5. The molecule has 0 aliphatic rings. The number of hydrogen-bond donors (Lipinski definition) is 2. The van der Waals surface area contributed by atoms with Crippen LogP contribution in [-0.4, -0.2) is 23.1 Å². The van der Waals surface area contributed by atoms with Crippen LogP contribution in [0.2, 0.25) is 5.02 Å². The summed E-state index contributed by atoms with van der Waals surface area (Å²) in [5.74, 6) is 0.172. The molecule has 6 nitrogen and oxygen atoms in total. The Hall–Kier alpha value is -3.77. The van der Waals surface area contributed by atoms with Crippen molar-refractivity contribution in [2.45, 2.75) is 25.7 Å². The molecule has 34 heavy (non-hydrogen) atoms. The van der Waals surface area contributed by atoms with Crippen LogP contribution >= 0.6 is 11.6 Å². The van der Waals surface area contributed by atoms with E-state index in [1.165, 1.54) is 13.2 Å². The first-order valence-corrected chi connectivity index (χ1v) is 11.4. The van der Waals surface area contributed by atoms with Crippen LogP contribution in [0.15, 0.2) is 77.2 Å². The second-order valence-corrected chi connectivity index (χ2v) is 8.21. The lowest BCUT2D eigenvalue weighted by atomic mass is 9.92. The van der Waals surface area contributed by atoms with E-state index in [1.54, 1.807) is 18.2 Å². The fourth-order valence-electron chi connectivity index (χ4n) is 3.81. The molecular weight excluding hydrogens is 452 g/mol. The summed E-state index contributed by atoms with van der Waals surface area (Å²) in [5, 5.41) is 13.9. The highest BCUT2D eigenvalue weighted by Gasteiger charge is 2.27. The molecule has 4 aromatic rings. The molecule has 1 heterocycles. The lowest BCUT2D eigenvalue weighted by Gasteiger charge is -2.18. The molecule has 3 aromatic carbocycles. The molecule has 1 atom stereocenters. The molecule has 0 radical (unpaired) electrons. The van der Waals surface area contributed by atoms with Crippen LogP contribution in [0, 0.1) is 0 Å². The summed E-state index contributed by atoms with van der Waals surface area (Å²) in [6.45, 7) is 1.98. The lowest BCUT2D eigenvalue weighted by molar-refractivity contribution is -0.117. The van der Waals surface area contributed by atoms with E-state index in [4.69, 9.17) is 20.8 Å². The van der Waals surface area contributed by atoms with E-state index in [-0.39, 0.29) is 17.5 Å². The molecule has 0 aliphatic heterocycles. The zero-order valence-electron chi connectivity index (χ0n) is 18.9. The molecular formula is C27H25ClN2O4. The summed E-state index contributed by atoms with van der Waals surface area (Å²) < 4.78 is 11.2. The topological polar surface area (TPSA) is 84.6 Å². The number of nitrogens with zero attached hydrogens (tertiary/aromatic N) is 1. The van der Waals surface area contributed by atoms with E-state index in [2.05, 4.69) is 10.3 Å². The minimum absolute atomic E-state index is 0.00169. The molecule has 7 heteroatoms. The number of phenolic OH excluding ortho intramolecular Hbond substituents is 1. The largest absolute Gasteiger partial charge is 0.508 e. The summed E-state index contributed by atoms with van der Waals surface area (Å²) >= 11 is 6.44. The lowest BCUT2D eigenvalue weighted by Crippen LogP contribution is -2.21. The molecule has 0 spiro atoms. The van der Waals surface area contributed by atoms with Gasteiger partial charge in [0.05, 0.1) is 18.1 Å². The number of phenols is 1. The molecule has 0 saturated heterocycles. The molecule has 0 fully saturated rings. The average molecular weight is 477 g/mol. The summed E-state index contributed by atoms with van der Waals surface area (Å²) in [7, 11) is 1.52. The highest BCUT2D eigenvalue weighted by molar-refractivity contribution is 6.33. The van der Waals surface area contributed by atoms with Gasteiger partial charge in [-0.3, -0.25) is 10.1 Å². The highest BCUT2D eigenvalue weighted by Crippen LogP contribution is 2.38. The van der Waals surface area contributed by atoms with Gasteiger partial charge in [0.25, 0.3) is 0 Å². The van der Waals surface area contributed by atoms with Crippen molar-refractivity contribution in [3.05, 3.63) is 83.4 Å². The third-order valence-corrected chi connectivity index (χ3v) is 5.85. The summed E-state index contributed by atoms with van der Waals surface area (Å²) in [5.41, 5.74) is 2.37. The van der Waals surface area contributed by atoms with Gasteiger partial charge in [0.1, 0.15) is 17.2 Å². The van der Waals surface area contributed by atoms with Gasteiger partial charge in [-0.15, -0.1) is 0 Å². The third kappa shape index (κ3) is 4.92. The molecule has 2 N–H and O–H groups in total. The van der Waals surface area contributed by atoms with Crippen molar-refractivity contribution in [2.24, 2.45) is 0 Å². The fourth-order valence-corrected chi connectivity index (χ4v) is 4.03. The second kappa shape index (κ2) is 10.4. The Bertz CT molecular complexity index is 1290. The van der Waals surface area contributed by atoms with Gasteiger partial charge in [-0.05, 0) is 30.7 Å². The van der Waals surface area contributed by atoms with Gasteiger partial charge in [-0.25, -0.2) is 4.98 Å². The van der Waals surface area contributed by atoms with E-state index in [0.717, 1.165) is 12.0 Å². The van der Waals surface area contributed by atoms with E-state index in [1.807, 2.05) is 55.5 Å². The third-order valence-electron chi connectivity index (χ3n) is 5.52. The summed E-state index contributed by atoms with van der Waals surface area (Å²) in [6.07, 6.45) is 1.28. The average Bonchev–Trinajstić information content (AvgIpc) is 3.27. The van der Waals surface area contributed by atoms with Crippen LogP contribution in [-0.2, 0) is 4.79 Å². The number of methoxy groups -OCH3 is 1. The number of carbonyl (C=O) groups is 1. The number of anilines is 1. The van der Waals surface area contributed by atoms with E-state index in [9.17, 15) is 9.90 Å². The first-order valence-electron chi connectivity index (χ1n) is 11.0. The zero-order valence-corrected chi connectivity index (χ0v) is 19.7. The molecule has 1 aromatic heterocycles. The van der Waals surface area contributed by atoms with Crippen molar-refractivity contribution in [1.82, 2.24) is 4.98 Å². The maximum atomic E-state index is 13.4. The van der Waals surface area contributed by atoms with Gasteiger partial charge >= 0.3 is 0 Å². The zero-order chi connectivity index (χ0) is 24.1. The van der Waals surface area contributed by atoms with Crippen LogP contribution in [0.4, 0.5) is 5.88 Å². The van der Waals surface area contributed by atoms with Crippen molar-refractivity contribution in [3.8, 4) is 34.2 Å². The molecule has 1 unspecified atom stereocenters. The van der Waals surface area contributed by atoms with Gasteiger partial charge in [-0.2, -0.15) is 0 Å². The Morgan fingerprint density at radius 1 is 1.12 bits per heavy atom. The Labute approximate surface area is 203 Å². The minimum atomic E-state index is -0.597. The summed E-state index contributed by atoms with van der Waals surface area (Å²) in [6, 6.07) is 21.6. The van der Waals surface area contributed by atoms with Gasteiger partial charge < -0.3 is 14.3 Å². The van der Waals surface area contributed by atoms with Gasteiger partial charge in [0.2, 0.25) is 17.7 Å². The Morgan fingerprint density at radius 2 is 1.85 bits per heavy atom. The van der Waals surface area contributed by atoms with Crippen LogP contribution in [0.25, 0.3) is 22.7 Å². The van der Waals surface area contributed by atoms with Crippen LogP contribution < -0.4 is 10.1 Å². The normalized spacial score (nSPS) is 11.7. The van der Waals surface area contributed by atoms with Crippen molar-refractivity contribution in [3.63, 3.8) is 0 Å². The predicted octanol–water partition coefficient (Wildman–Crippen LogP) is 6.90. The second-order valence-electron chi connectivity index (χ2n) is 7.80. The molecule has 0 bridgehead atoms. The quantitative estimate of drug-likeness (QED) is 0.289. The number of aromatic nitrogens is 1. The Morgan fingerprint density at radius 3 is 2.53 bits per heavy atom. The van der Waals surface area contributed by atoms with Gasteiger partial charge in [-0.1, -0.05) is 67.4 Å². The number of halogens is 1. The van der Waals surface area contributed by atoms with Crippen LogP contribution in [0.1, 0.15) is 31.2 Å². The maximum Gasteiger partial charge on any atom is 0.234 e. The first kappa shape index (κ1) is 23.4. The summed E-state index contributed by atoms with van der Waals surface area (Å²) in [4.78, 5) is 18.1. The van der Waals surface area contributed by atoms with Crippen molar-refractivity contribution < 1.29 is 19.1 Å². The number of amides is 1. The molecule has 1 amide bonds. The molecule has 0 aliphatic carbocycles. The number of aromatic hydroxyl groups is 1. The predicted molar refractivity (Wildman–Crippen MR) is 133 cm³/mol. The number of benzene rings is 3. The maximum absolute atomic E-state index is 13.4. The van der Waals surface area contributed by atoms with Crippen LogP contribution in [0.3, 0.4) is 0 Å². The smallest absolute Gasteiger partial charge is 0.234 e. The van der Waals surface area contributed by atoms with E-state index in [0.29, 0.717) is 39.9 Å². The van der Waals surface area contributed by atoms with Crippen molar-refractivity contribution >= 4 is 23.4 Å². The minimum Gasteiger partial charge on any atom is -0.508 e. The SMILES string of the molecule is CCCC(C(=O)Nc1oc(-c2ccccc2)nc1-c1ccccc1Cl)c1ccc(OC)cc1O. The van der Waals surface area contributed by atoms with Crippen LogP contribution in [0.5, 0.6) is 11.5 Å². The fraction of sp³-hybridized carbons (Fsp3) is 0.185. The number of carbonyl (C=O) groups excluding carboxylic acids is 1. The number of nitrogens with one attached hydrogen (secondary N) is 1. The Kier molecular flexibility index (Phi) is 7.18. The van der Waals surface area contributed by atoms with Gasteiger partial charge in [0, 0.05) is 22.8 Å². The number of ether oxygens (including phenoxy) is 1. The monoisotopic (exact) mass is 476 g/mol. The molecule has 4 rings (SSSR count). The number of oxazole rings is 1. The van der Waals surface area contributed by atoms with Crippen molar-refractivity contribution in [2.75, 3.05) is 12.4 Å². The van der Waals surface area contributed by atoms with E-state index >= 15 is 0 Å². The molecule has 174 valence electrons. The highest BCUT2D eigenvalue weighted by atomic mass is 35.5. The van der Waals surface area contributed by atoms with Gasteiger partial charge in [0.15, 0.2) is 0 Å². The van der Waals surface area contributed by atoms with Crippen molar-refractivity contribution in [1.29, 1.82) is 0 Å². The molecule has 0 saturated carbocycles. The number of hydrogen-bond acceptors (Lipinski definition) is 5. The number of rotatable bonds is 8. The van der Waals surface area contributed by atoms with E-state index < -0.39 is 5.92 Å².